The molecular weight excluding hydrogens is 460 g/mol. The third kappa shape index (κ3) is 3.66. The van der Waals surface area contributed by atoms with Crippen LogP contribution in [0.4, 0.5) is 0 Å². The highest BCUT2D eigenvalue weighted by Crippen LogP contribution is 2.39. The van der Waals surface area contributed by atoms with Gasteiger partial charge in [-0.3, -0.25) is 9.59 Å². The number of hydrogen-bond donors (Lipinski definition) is 0. The van der Waals surface area contributed by atoms with Gasteiger partial charge in [0, 0.05) is 11.3 Å². The smallest absolute Gasteiger partial charge is 0.318 e. The minimum atomic E-state index is -0.478. The molecule has 0 spiro atoms. The minimum Gasteiger partial charge on any atom is -0.468 e. The molecular formula is C23H24N4O4S2. The molecule has 0 radical (unpaired) electrons. The summed E-state index contributed by atoms with van der Waals surface area (Å²) in [7, 11) is 1.37. The first-order valence-corrected chi connectivity index (χ1v) is 12.3. The van der Waals surface area contributed by atoms with Crippen LogP contribution in [0.15, 0.2) is 34.2 Å². The van der Waals surface area contributed by atoms with E-state index >= 15 is 0 Å². The average molecular weight is 485 g/mol. The van der Waals surface area contributed by atoms with Gasteiger partial charge in [-0.1, -0.05) is 23.9 Å². The number of ether oxygens (including phenoxy) is 2. The number of hydrogen-bond acceptors (Lipinski definition) is 8. The van der Waals surface area contributed by atoms with Crippen molar-refractivity contribution >= 4 is 45.1 Å². The molecule has 1 aromatic carbocycles. The third-order valence-corrected chi connectivity index (χ3v) is 7.99. The lowest BCUT2D eigenvalue weighted by Gasteiger charge is -2.29. The van der Waals surface area contributed by atoms with Gasteiger partial charge in [0.05, 0.1) is 30.4 Å². The molecule has 0 aliphatic carbocycles. The van der Waals surface area contributed by atoms with Gasteiger partial charge in [0.1, 0.15) is 10.1 Å². The van der Waals surface area contributed by atoms with Crippen molar-refractivity contribution in [3.63, 3.8) is 0 Å². The zero-order valence-electron chi connectivity index (χ0n) is 19.0. The second-order valence-electron chi connectivity index (χ2n) is 8.79. The van der Waals surface area contributed by atoms with E-state index in [2.05, 4.69) is 10.2 Å². The van der Waals surface area contributed by atoms with E-state index in [1.165, 1.54) is 30.2 Å². The van der Waals surface area contributed by atoms with Crippen LogP contribution in [-0.4, -0.2) is 43.1 Å². The van der Waals surface area contributed by atoms with Gasteiger partial charge < -0.3 is 9.47 Å². The van der Waals surface area contributed by atoms with Gasteiger partial charge in [-0.2, -0.15) is 0 Å². The first-order valence-electron chi connectivity index (χ1n) is 10.6. The van der Waals surface area contributed by atoms with Crippen LogP contribution in [0.1, 0.15) is 36.8 Å². The van der Waals surface area contributed by atoms with Crippen molar-refractivity contribution in [2.45, 2.75) is 56.7 Å². The molecule has 1 aliphatic rings. The van der Waals surface area contributed by atoms with E-state index in [-0.39, 0.29) is 17.1 Å². The maximum Gasteiger partial charge on any atom is 0.318 e. The van der Waals surface area contributed by atoms with E-state index in [4.69, 9.17) is 9.47 Å². The Hall–Kier alpha value is -2.69. The molecule has 33 heavy (non-hydrogen) atoms. The van der Waals surface area contributed by atoms with Crippen molar-refractivity contribution in [2.24, 2.45) is 0 Å². The molecule has 10 heteroatoms. The number of carbonyl (C=O) groups is 1. The number of aryl methyl sites for hydroxylation is 1. The highest BCUT2D eigenvalue weighted by atomic mass is 32.2. The second-order valence-corrected chi connectivity index (χ2v) is 11.2. The molecule has 0 saturated heterocycles. The topological polar surface area (TPSA) is 87.7 Å². The molecule has 1 atom stereocenters. The zero-order chi connectivity index (χ0) is 23.5. The number of thiophene rings is 1. The van der Waals surface area contributed by atoms with E-state index in [1.807, 2.05) is 49.4 Å². The number of rotatable bonds is 4. The summed E-state index contributed by atoms with van der Waals surface area (Å²) < 4.78 is 14.4. The average Bonchev–Trinajstić information content (AvgIpc) is 3.34. The number of benzene rings is 1. The fraction of sp³-hybridized carbons (Fsp3) is 0.391. The molecule has 1 aliphatic heterocycles. The van der Waals surface area contributed by atoms with Crippen LogP contribution in [0.3, 0.4) is 0 Å². The van der Waals surface area contributed by atoms with Crippen molar-refractivity contribution in [3.8, 4) is 5.69 Å². The Bertz CT molecular complexity index is 1470. The number of fused-ring (bicyclic) bond motifs is 5. The van der Waals surface area contributed by atoms with Gasteiger partial charge in [0.15, 0.2) is 5.16 Å². The lowest BCUT2D eigenvalue weighted by molar-refractivity contribution is -0.139. The predicted molar refractivity (Wildman–Crippen MR) is 129 cm³/mol. The van der Waals surface area contributed by atoms with Crippen LogP contribution in [-0.2, 0) is 27.3 Å². The zero-order valence-corrected chi connectivity index (χ0v) is 20.7. The third-order valence-electron chi connectivity index (χ3n) is 5.78. The molecule has 172 valence electrons. The molecule has 0 saturated carbocycles. The first-order chi connectivity index (χ1) is 15.7. The highest BCUT2D eigenvalue weighted by molar-refractivity contribution is 8.00. The number of esters is 1. The molecule has 0 bridgehead atoms. The van der Waals surface area contributed by atoms with Gasteiger partial charge in [-0.25, -0.2) is 8.97 Å². The van der Waals surface area contributed by atoms with Crippen LogP contribution in [0.25, 0.3) is 21.7 Å². The van der Waals surface area contributed by atoms with E-state index < -0.39 is 5.25 Å². The van der Waals surface area contributed by atoms with Crippen molar-refractivity contribution < 1.29 is 14.3 Å². The van der Waals surface area contributed by atoms with Gasteiger partial charge in [-0.05, 0) is 51.0 Å². The maximum atomic E-state index is 14.0. The highest BCUT2D eigenvalue weighted by Gasteiger charge is 2.33. The predicted octanol–water partition coefficient (Wildman–Crippen LogP) is 3.91. The van der Waals surface area contributed by atoms with Crippen LogP contribution < -0.4 is 5.56 Å². The van der Waals surface area contributed by atoms with Crippen molar-refractivity contribution in [3.05, 3.63) is 50.6 Å². The van der Waals surface area contributed by atoms with Gasteiger partial charge >= 0.3 is 5.97 Å². The Morgan fingerprint density at radius 2 is 2.12 bits per heavy atom. The summed E-state index contributed by atoms with van der Waals surface area (Å²) in [5, 5.41) is 9.47. The molecule has 0 unspecified atom stereocenters. The lowest BCUT2D eigenvalue weighted by atomic mass is 9.94. The first kappa shape index (κ1) is 22.1. The fourth-order valence-corrected chi connectivity index (χ4v) is 6.31. The quantitative estimate of drug-likeness (QED) is 0.321. The molecule has 8 nitrogen and oxygen atoms in total. The van der Waals surface area contributed by atoms with Gasteiger partial charge in [-0.15, -0.1) is 21.5 Å². The Labute approximate surface area is 198 Å². The number of methoxy groups -OCH3 is 1. The second kappa shape index (κ2) is 7.96. The van der Waals surface area contributed by atoms with Crippen LogP contribution in [0.5, 0.6) is 0 Å². The Kier molecular flexibility index (Phi) is 5.34. The van der Waals surface area contributed by atoms with Gasteiger partial charge in [0.2, 0.25) is 5.78 Å². The number of carbonyl (C=O) groups excluding carboxylic acids is 1. The number of nitrogens with zero attached hydrogens (tertiary/aromatic N) is 4. The summed E-state index contributed by atoms with van der Waals surface area (Å²) in [5.41, 5.74) is 2.30. The molecule has 5 rings (SSSR count). The summed E-state index contributed by atoms with van der Waals surface area (Å²) in [5.74, 6) is 0.0667. The Morgan fingerprint density at radius 1 is 1.33 bits per heavy atom. The van der Waals surface area contributed by atoms with Crippen molar-refractivity contribution in [1.29, 1.82) is 0 Å². The van der Waals surface area contributed by atoms with E-state index in [1.54, 1.807) is 11.5 Å². The summed E-state index contributed by atoms with van der Waals surface area (Å²) in [6.07, 6.45) is 0.639. The molecule has 4 heterocycles. The molecule has 0 N–H and O–H groups in total. The normalized spacial score (nSPS) is 16.2. The monoisotopic (exact) mass is 484 g/mol. The van der Waals surface area contributed by atoms with Crippen LogP contribution >= 0.6 is 23.1 Å². The summed E-state index contributed by atoms with van der Waals surface area (Å²) in [4.78, 5) is 27.8. The minimum absolute atomic E-state index is 0.122. The molecule has 0 amide bonds. The largest absolute Gasteiger partial charge is 0.468 e. The molecule has 4 aromatic rings. The summed E-state index contributed by atoms with van der Waals surface area (Å²) in [6.45, 7) is 8.28. The summed E-state index contributed by atoms with van der Waals surface area (Å²) >= 11 is 2.79. The Morgan fingerprint density at radius 3 is 2.85 bits per heavy atom. The van der Waals surface area contributed by atoms with Crippen LogP contribution in [0, 0.1) is 6.92 Å². The summed E-state index contributed by atoms with van der Waals surface area (Å²) in [6, 6.07) is 7.76. The standard InChI is InChI=1S/C23H24N4O4S2/c1-12-7-6-8-14(9-12)26-18(28)17-15-10-23(3,4)31-11-16(15)33-19(17)27-21(26)24-25-22(27)32-13(2)20(29)30-5/h6-9,13H,10-11H2,1-5H3/t13-/m0/s1. The van der Waals surface area contributed by atoms with E-state index in [0.29, 0.717) is 29.3 Å². The molecule has 0 fully saturated rings. The van der Waals surface area contributed by atoms with E-state index in [9.17, 15) is 9.59 Å². The van der Waals surface area contributed by atoms with E-state index in [0.717, 1.165) is 26.5 Å². The Balaban J connectivity index is 1.85. The van der Waals surface area contributed by atoms with Crippen LogP contribution in [0.2, 0.25) is 0 Å². The lowest BCUT2D eigenvalue weighted by Crippen LogP contribution is -2.32. The van der Waals surface area contributed by atoms with Crippen molar-refractivity contribution in [2.75, 3.05) is 7.11 Å². The van der Waals surface area contributed by atoms with Gasteiger partial charge in [0.25, 0.3) is 5.56 Å². The fourth-order valence-electron chi connectivity index (χ4n) is 4.15. The maximum absolute atomic E-state index is 14.0. The molecule has 3 aromatic heterocycles. The SMILES string of the molecule is COC(=O)[C@H](C)Sc1nnc2n(-c3cccc(C)c3)c(=O)c3c4c(sc3n12)COC(C)(C)C4. The number of aromatic nitrogens is 4. The van der Waals surface area contributed by atoms with Crippen molar-refractivity contribution in [1.82, 2.24) is 19.2 Å². The number of thioether (sulfide) groups is 1.